The molecule has 0 aromatic carbocycles. The van der Waals surface area contributed by atoms with E-state index in [2.05, 4.69) is 12.9 Å². The molecule has 0 aliphatic carbocycles. The molecule has 0 bridgehead atoms. The zero-order chi connectivity index (χ0) is 40.1. The quantitative estimate of drug-likeness (QED) is 0.0559. The molecule has 29 heteroatoms. The van der Waals surface area contributed by atoms with Crippen LogP contribution in [0.25, 0.3) is 0 Å². The van der Waals surface area contributed by atoms with Gasteiger partial charge in [0.25, 0.3) is 0 Å². The molecule has 0 aromatic heterocycles. The minimum Gasteiger partial charge on any atom is -0.789 e. The molecular weight excluding hydrogens is 864 g/mol. The van der Waals surface area contributed by atoms with Crippen LogP contribution in [0.4, 0.5) is 0 Å². The zero-order valence-corrected chi connectivity index (χ0v) is 38.8. The Bertz CT molecular complexity index is 971. The fraction of sp³-hybridized carbons (Fsp3) is 1.00. The second kappa shape index (κ2) is 35.8. The minimum atomic E-state index is -5.40. The van der Waals surface area contributed by atoms with E-state index in [9.17, 15) is 56.8 Å². The number of rotatable bonds is 30. The van der Waals surface area contributed by atoms with Gasteiger partial charge in [-0.15, -0.1) is 0 Å². The first-order valence-electron chi connectivity index (χ1n) is 16.4. The fourth-order valence-electron chi connectivity index (χ4n) is 2.54. The van der Waals surface area contributed by atoms with Crippen LogP contribution in [0.15, 0.2) is 0 Å². The average Bonchev–Trinajstić information content (AvgIpc) is 2.96. The van der Waals surface area contributed by atoms with Crippen LogP contribution in [-0.4, -0.2) is 74.4 Å². The van der Waals surface area contributed by atoms with E-state index in [1.54, 1.807) is 0 Å². The van der Waals surface area contributed by atoms with Crippen molar-refractivity contribution in [2.45, 2.75) is 119 Å². The molecule has 0 radical (unpaired) electrons. The summed E-state index contributed by atoms with van der Waals surface area (Å²) >= 11 is 0. The molecular formula is C24H54Al2O21P6. The van der Waals surface area contributed by atoms with Crippen LogP contribution >= 0.6 is 46.9 Å². The SMILES string of the molecule is CCCCOP(=O)(OCCCC)OP(=O)([O-])[O-].CCCCOP(=O)(OCCCC)OP(=O)([O-])[O-].CCCCOP(=O)(OCCCC)OP(=O)([O-])[O-].[Al+3].[Al+3]. The van der Waals surface area contributed by atoms with Crippen molar-refractivity contribution in [2.75, 3.05) is 39.6 Å². The largest absolute Gasteiger partial charge is 3.00 e. The van der Waals surface area contributed by atoms with E-state index in [0.29, 0.717) is 38.5 Å². The van der Waals surface area contributed by atoms with Gasteiger partial charge in [0.15, 0.2) is 0 Å². The Balaban J connectivity index is -0.000000213. The normalized spacial score (nSPS) is 12.5. The van der Waals surface area contributed by atoms with Crippen molar-refractivity contribution in [3.63, 3.8) is 0 Å². The molecule has 0 N–H and O–H groups in total. The average molecular weight is 918 g/mol. The van der Waals surface area contributed by atoms with Gasteiger partial charge in [0.1, 0.15) is 0 Å². The molecule has 0 saturated carbocycles. The number of unbranched alkanes of at least 4 members (excludes halogenated alkanes) is 6. The molecule has 0 spiro atoms. The van der Waals surface area contributed by atoms with E-state index in [1.807, 2.05) is 41.5 Å². The smallest absolute Gasteiger partial charge is 0.789 e. The second-order valence-electron chi connectivity index (χ2n) is 10.0. The van der Waals surface area contributed by atoms with Crippen LogP contribution in [0.3, 0.4) is 0 Å². The van der Waals surface area contributed by atoms with Crippen molar-refractivity contribution < 1.29 is 96.8 Å². The van der Waals surface area contributed by atoms with Crippen LogP contribution in [0, 0.1) is 0 Å². The topological polar surface area (TPSA) is 324 Å². The van der Waals surface area contributed by atoms with E-state index >= 15 is 0 Å². The van der Waals surface area contributed by atoms with Gasteiger partial charge in [-0.1, -0.05) is 80.1 Å². The predicted octanol–water partition coefficient (Wildman–Crippen LogP) is 3.96. The third-order valence-corrected chi connectivity index (χ3v) is 12.9. The van der Waals surface area contributed by atoms with Crippen LogP contribution in [0.1, 0.15) is 119 Å². The van der Waals surface area contributed by atoms with Gasteiger partial charge >= 0.3 is 58.2 Å². The summed E-state index contributed by atoms with van der Waals surface area (Å²) in [5.41, 5.74) is 0. The molecule has 0 aromatic rings. The summed E-state index contributed by atoms with van der Waals surface area (Å²) in [5.74, 6) is 0. The van der Waals surface area contributed by atoms with Crippen molar-refractivity contribution in [3.05, 3.63) is 0 Å². The molecule has 0 unspecified atom stereocenters. The summed E-state index contributed by atoms with van der Waals surface area (Å²) in [6.45, 7) is 11.3. The van der Waals surface area contributed by atoms with Gasteiger partial charge in [0.2, 0.25) is 0 Å². The van der Waals surface area contributed by atoms with Gasteiger partial charge in [0.05, 0.1) is 63.1 Å². The molecule has 312 valence electrons. The maximum Gasteiger partial charge on any atom is 3.00 e. The third-order valence-electron chi connectivity index (χ3n) is 5.08. The molecule has 0 rings (SSSR count). The van der Waals surface area contributed by atoms with E-state index in [4.69, 9.17) is 27.1 Å². The Hall–Kier alpha value is 1.84. The van der Waals surface area contributed by atoms with E-state index in [1.165, 1.54) is 0 Å². The van der Waals surface area contributed by atoms with Gasteiger partial charge in [-0.05, 0) is 38.5 Å². The van der Waals surface area contributed by atoms with E-state index in [-0.39, 0.29) is 74.4 Å². The summed E-state index contributed by atoms with van der Waals surface area (Å²) < 4.78 is 107. The first-order chi connectivity index (χ1) is 23.5. The molecule has 0 heterocycles. The molecule has 0 atom stereocenters. The maximum absolute atomic E-state index is 11.7. The Morgan fingerprint density at radius 3 is 0.547 bits per heavy atom. The Labute approximate surface area is 335 Å². The first kappa shape index (κ1) is 64.0. The molecule has 0 aliphatic rings. The van der Waals surface area contributed by atoms with E-state index < -0.39 is 46.9 Å². The summed E-state index contributed by atoms with van der Waals surface area (Å²) in [7, 11) is -29.1. The Morgan fingerprint density at radius 2 is 0.453 bits per heavy atom. The summed E-state index contributed by atoms with van der Waals surface area (Å²) in [6, 6.07) is 0. The molecule has 0 saturated heterocycles. The van der Waals surface area contributed by atoms with E-state index in [0.717, 1.165) is 38.5 Å². The standard InChI is InChI=1S/3C8H20O7P2.2Al/c3*1-3-5-7-13-17(12,14-8-6-4-2)15-16(9,10)11;;/h3*3-8H2,1-2H3,(H2,9,10,11);;/q;;;2*+3/p-6. The predicted molar refractivity (Wildman–Crippen MR) is 186 cm³/mol. The molecule has 0 fully saturated rings. The van der Waals surface area contributed by atoms with Crippen LogP contribution in [-0.2, 0) is 67.5 Å². The Morgan fingerprint density at radius 1 is 0.321 bits per heavy atom. The van der Waals surface area contributed by atoms with Crippen molar-refractivity contribution >= 4 is 81.7 Å². The summed E-state index contributed by atoms with van der Waals surface area (Å²) in [5, 5.41) is 0. The number of phosphoric acid groups is 6. The third kappa shape index (κ3) is 46.4. The number of hydrogen-bond donors (Lipinski definition) is 0. The van der Waals surface area contributed by atoms with Crippen LogP contribution < -0.4 is 29.4 Å². The van der Waals surface area contributed by atoms with Crippen molar-refractivity contribution in [3.8, 4) is 0 Å². The van der Waals surface area contributed by atoms with Crippen LogP contribution in [0.2, 0.25) is 0 Å². The van der Waals surface area contributed by atoms with Crippen LogP contribution in [0.5, 0.6) is 0 Å². The molecule has 21 nitrogen and oxygen atoms in total. The molecule has 53 heavy (non-hydrogen) atoms. The van der Waals surface area contributed by atoms with Crippen molar-refractivity contribution in [1.82, 2.24) is 0 Å². The fourth-order valence-corrected chi connectivity index (χ4v) is 8.96. The summed E-state index contributed by atoms with van der Waals surface area (Å²) in [6.07, 6.45) is 7.96. The van der Waals surface area contributed by atoms with Gasteiger partial charge in [-0.2, -0.15) is 0 Å². The Kier molecular flexibility index (Phi) is 43.2. The monoisotopic (exact) mass is 918 g/mol. The number of phosphoric ester groups is 3. The van der Waals surface area contributed by atoms with Gasteiger partial charge < -0.3 is 43.1 Å². The molecule has 0 aliphatic heterocycles. The zero-order valence-electron chi connectivity index (χ0n) is 31.1. The van der Waals surface area contributed by atoms with Crippen molar-refractivity contribution in [2.24, 2.45) is 0 Å². The maximum atomic E-state index is 11.7. The minimum absolute atomic E-state index is 0. The number of hydrogen-bond acceptors (Lipinski definition) is 21. The van der Waals surface area contributed by atoms with Gasteiger partial charge in [-0.3, -0.25) is 40.1 Å². The molecule has 0 amide bonds. The first-order valence-corrected chi connectivity index (χ1v) is 25.1. The van der Waals surface area contributed by atoms with Gasteiger partial charge in [0, 0.05) is 0 Å². The van der Waals surface area contributed by atoms with Gasteiger partial charge in [-0.25, -0.2) is 13.7 Å². The summed E-state index contributed by atoms with van der Waals surface area (Å²) in [4.78, 5) is 62.6. The van der Waals surface area contributed by atoms with Crippen molar-refractivity contribution in [1.29, 1.82) is 0 Å². The second-order valence-corrected chi connectivity index (χ2v) is 18.9.